The number of fused-ring (bicyclic) bond motifs is 2. The molecule has 1 aliphatic heterocycles. The number of rotatable bonds is 12. The van der Waals surface area contributed by atoms with Crippen LogP contribution in [-0.2, 0) is 6.42 Å². The summed E-state index contributed by atoms with van der Waals surface area (Å²) in [4.78, 5) is 19.1. The molecule has 0 spiro atoms. The van der Waals surface area contributed by atoms with Crippen molar-refractivity contribution in [3.8, 4) is 10.6 Å². The molecule has 1 heterocycles. The third kappa shape index (κ3) is 8.22. The fourth-order valence-corrected chi connectivity index (χ4v) is 6.01. The summed E-state index contributed by atoms with van der Waals surface area (Å²) in [7, 11) is 0. The molecule has 1 aromatic carbocycles. The van der Waals surface area contributed by atoms with Crippen LogP contribution in [0.1, 0.15) is 96.3 Å². The zero-order valence-electron chi connectivity index (χ0n) is 24.4. The fraction of sp³-hybridized carbons (Fsp3) is 0.471. The third-order valence-corrected chi connectivity index (χ3v) is 8.75. The van der Waals surface area contributed by atoms with E-state index in [2.05, 4.69) is 52.0 Å². The summed E-state index contributed by atoms with van der Waals surface area (Å²) < 4.78 is 1.08. The Labute approximate surface area is 233 Å². The molecule has 1 aromatic rings. The van der Waals surface area contributed by atoms with Crippen LogP contribution >= 0.6 is 11.3 Å². The first-order valence-electron chi connectivity index (χ1n) is 14.0. The minimum atomic E-state index is -0.829. The Kier molecular flexibility index (Phi) is 10.6. The minimum Gasteiger partial charge on any atom is -0.390 e. The smallest absolute Gasteiger partial charge is 0.186 e. The molecule has 1 N–H and O–H groups in total. The van der Waals surface area contributed by atoms with Crippen molar-refractivity contribution in [2.45, 2.75) is 105 Å². The van der Waals surface area contributed by atoms with Gasteiger partial charge in [0.05, 0.1) is 26.4 Å². The average Bonchev–Trinajstić information content (AvgIpc) is 2.86. The van der Waals surface area contributed by atoms with Crippen LogP contribution in [0.15, 0.2) is 64.0 Å². The van der Waals surface area contributed by atoms with E-state index in [9.17, 15) is 9.90 Å². The summed E-state index contributed by atoms with van der Waals surface area (Å²) >= 11 is 1.64. The molecule has 0 amide bonds. The number of hydrogen-bond donors (Lipinski definition) is 1. The first kappa shape index (κ1) is 30.0. The van der Waals surface area contributed by atoms with Crippen LogP contribution in [0, 0.1) is 13.8 Å². The highest BCUT2D eigenvalue weighted by Crippen LogP contribution is 2.36. The second-order valence-electron chi connectivity index (χ2n) is 11.4. The second-order valence-corrected chi connectivity index (χ2v) is 12.5. The predicted octanol–water partition coefficient (Wildman–Crippen LogP) is 9.26. The van der Waals surface area contributed by atoms with Crippen molar-refractivity contribution in [3.05, 3.63) is 86.1 Å². The van der Waals surface area contributed by atoms with E-state index < -0.39 is 5.60 Å². The summed E-state index contributed by atoms with van der Waals surface area (Å²) in [5.41, 5.74) is 7.88. The maximum Gasteiger partial charge on any atom is 0.186 e. The number of aromatic nitrogens is 1. The van der Waals surface area contributed by atoms with E-state index in [-0.39, 0.29) is 5.43 Å². The van der Waals surface area contributed by atoms with Crippen molar-refractivity contribution in [2.75, 3.05) is 0 Å². The van der Waals surface area contributed by atoms with Gasteiger partial charge in [-0.1, -0.05) is 47.1 Å². The standard InChI is InChI=1S/C34H45NO2S/c1-23(2)13-10-14-24(3)15-11-16-25(4)17-12-21-34(7,37)22-20-28-32(36)27(6)26(5)31-33(28)38-30-19-9-8-18-29(30)35-31/h8-9,13,15,17-19,37H,10-12,14,16,20-22H2,1-7H3/t34-/m1/s1. The van der Waals surface area contributed by atoms with E-state index in [0.717, 1.165) is 69.6 Å². The fourth-order valence-electron chi connectivity index (χ4n) is 4.82. The van der Waals surface area contributed by atoms with Crippen LogP contribution < -0.4 is 5.43 Å². The van der Waals surface area contributed by atoms with Gasteiger partial charge in [-0.15, -0.1) is 11.3 Å². The molecule has 0 radical (unpaired) electrons. The van der Waals surface area contributed by atoms with Gasteiger partial charge in [-0.05, 0) is 118 Å². The minimum absolute atomic E-state index is 0.0964. The average molecular weight is 532 g/mol. The molecule has 4 heteroatoms. The number of aliphatic hydroxyl groups is 1. The molecule has 0 unspecified atom stereocenters. The zero-order chi connectivity index (χ0) is 27.9. The highest BCUT2D eigenvalue weighted by Gasteiger charge is 2.25. The molecular weight excluding hydrogens is 486 g/mol. The zero-order valence-corrected chi connectivity index (χ0v) is 25.2. The lowest BCUT2D eigenvalue weighted by atomic mass is 9.89. The van der Waals surface area contributed by atoms with E-state index in [1.165, 1.54) is 16.7 Å². The molecule has 3 rings (SSSR count). The Balaban J connectivity index is 1.61. The van der Waals surface area contributed by atoms with Gasteiger partial charge >= 0.3 is 0 Å². The van der Waals surface area contributed by atoms with Crippen molar-refractivity contribution in [2.24, 2.45) is 0 Å². The van der Waals surface area contributed by atoms with E-state index in [4.69, 9.17) is 4.98 Å². The number of benzene rings is 2. The van der Waals surface area contributed by atoms with Crippen LogP contribution in [0.3, 0.4) is 0 Å². The Hall–Kier alpha value is -2.56. The Morgan fingerprint density at radius 3 is 2.24 bits per heavy atom. The largest absolute Gasteiger partial charge is 0.390 e. The van der Waals surface area contributed by atoms with Crippen LogP contribution in [-0.4, -0.2) is 15.7 Å². The van der Waals surface area contributed by atoms with E-state index in [0.29, 0.717) is 19.3 Å². The molecule has 0 aromatic heterocycles. The molecule has 0 saturated heterocycles. The van der Waals surface area contributed by atoms with Gasteiger partial charge in [0.1, 0.15) is 0 Å². The molecule has 1 atom stereocenters. The van der Waals surface area contributed by atoms with Gasteiger partial charge in [-0.3, -0.25) is 4.79 Å². The van der Waals surface area contributed by atoms with Crippen molar-refractivity contribution < 1.29 is 5.11 Å². The second kappa shape index (κ2) is 13.5. The molecule has 204 valence electrons. The normalized spacial score (nSPS) is 14.2. The number of hydrogen-bond acceptors (Lipinski definition) is 4. The molecule has 3 nitrogen and oxygen atoms in total. The maximum atomic E-state index is 13.3. The van der Waals surface area contributed by atoms with Crippen molar-refractivity contribution >= 4 is 21.6 Å². The predicted molar refractivity (Wildman–Crippen MR) is 166 cm³/mol. The van der Waals surface area contributed by atoms with Gasteiger partial charge in [0, 0.05) is 11.1 Å². The summed E-state index contributed by atoms with van der Waals surface area (Å²) in [6.45, 7) is 14.5. The van der Waals surface area contributed by atoms with Gasteiger partial charge in [-0.25, -0.2) is 4.98 Å². The quantitative estimate of drug-likeness (QED) is 0.187. The van der Waals surface area contributed by atoms with Crippen molar-refractivity contribution in [1.82, 2.24) is 4.98 Å². The summed E-state index contributed by atoms with van der Waals surface area (Å²) in [6.07, 6.45) is 13.9. The summed E-state index contributed by atoms with van der Waals surface area (Å²) in [5.74, 6) is 0. The number of allylic oxidation sites excluding steroid dienone is 6. The molecule has 38 heavy (non-hydrogen) atoms. The van der Waals surface area contributed by atoms with Gasteiger partial charge in [0.2, 0.25) is 0 Å². The van der Waals surface area contributed by atoms with Gasteiger partial charge in [0.15, 0.2) is 5.43 Å². The van der Waals surface area contributed by atoms with Crippen LogP contribution in [0.2, 0.25) is 0 Å². The highest BCUT2D eigenvalue weighted by atomic mass is 32.1. The lowest BCUT2D eigenvalue weighted by molar-refractivity contribution is 0.0432. The van der Waals surface area contributed by atoms with E-state index in [1.54, 1.807) is 11.3 Å². The van der Waals surface area contributed by atoms with Crippen LogP contribution in [0.25, 0.3) is 20.8 Å². The van der Waals surface area contributed by atoms with E-state index in [1.807, 2.05) is 39.0 Å². The molecular formula is C34H45NO2S. The van der Waals surface area contributed by atoms with Gasteiger partial charge in [-0.2, -0.15) is 0 Å². The van der Waals surface area contributed by atoms with Crippen LogP contribution in [0.4, 0.5) is 0 Å². The van der Waals surface area contributed by atoms with Crippen molar-refractivity contribution in [1.29, 1.82) is 0 Å². The lowest BCUT2D eigenvalue weighted by Crippen LogP contribution is -2.26. The number of nitrogens with zero attached hydrogens (tertiary/aromatic N) is 1. The number of para-hydroxylation sites is 1. The molecule has 0 fully saturated rings. The monoisotopic (exact) mass is 531 g/mol. The topological polar surface area (TPSA) is 50.2 Å². The van der Waals surface area contributed by atoms with Gasteiger partial charge < -0.3 is 5.11 Å². The summed E-state index contributed by atoms with van der Waals surface area (Å²) in [5, 5.41) is 11.2. The summed E-state index contributed by atoms with van der Waals surface area (Å²) in [6, 6.07) is 8.09. The first-order chi connectivity index (χ1) is 18.0. The Morgan fingerprint density at radius 1 is 0.921 bits per heavy atom. The SMILES string of the molecule is CC(C)=CCCC(C)=CCCC(C)=CCC[C@@](C)(O)CCc1c2sc3ccccc3nc-2c(C)c(C)c1=O. The van der Waals surface area contributed by atoms with E-state index >= 15 is 0 Å². The Bertz CT molecular complexity index is 1370. The highest BCUT2D eigenvalue weighted by molar-refractivity contribution is 7.21. The molecule has 1 aliphatic carbocycles. The first-order valence-corrected chi connectivity index (χ1v) is 14.8. The van der Waals surface area contributed by atoms with Crippen LogP contribution in [0.5, 0.6) is 0 Å². The maximum absolute atomic E-state index is 13.3. The molecule has 0 saturated carbocycles. The molecule has 2 aliphatic rings. The van der Waals surface area contributed by atoms with Crippen molar-refractivity contribution in [3.63, 3.8) is 0 Å². The van der Waals surface area contributed by atoms with Gasteiger partial charge in [0.25, 0.3) is 0 Å². The third-order valence-electron chi connectivity index (χ3n) is 7.54. The lowest BCUT2D eigenvalue weighted by Gasteiger charge is -2.24. The Morgan fingerprint density at radius 2 is 1.55 bits per heavy atom. The molecule has 0 bridgehead atoms.